The standard InChI is InChI=1S/C11H22.C10H20.C9H20.C6H15N.C3H8.C3H6.C2H6/c1-3-5-7-9-11-10-8-6-4-2;1-3-5-7-9-10-8-6-4-2;1-4-7-8-9(5-2)6-3;1-2-3-4-5-6-7;2*1-3-2;1-2/h3H,1,4-11H2,2H3;7,9H,3-6,8,10H2,1-2H3;9H,4-8H2,1-3H3;2-7H2,1H3;3H2,1-2H3;3H,1H2,2H3;1-2H3/b;9-7-;;;;;. The van der Waals surface area contributed by atoms with Gasteiger partial charge in [-0.3, -0.25) is 0 Å². The van der Waals surface area contributed by atoms with Gasteiger partial charge in [-0.05, 0) is 57.9 Å². The lowest BCUT2D eigenvalue weighted by Crippen LogP contribution is -1.97. The zero-order valence-corrected chi connectivity index (χ0v) is 34.6. The van der Waals surface area contributed by atoms with Crippen molar-refractivity contribution in [3.8, 4) is 0 Å². The lowest BCUT2D eigenvalue weighted by molar-refractivity contribution is 0.438. The van der Waals surface area contributed by atoms with Crippen LogP contribution in [0.5, 0.6) is 0 Å². The van der Waals surface area contributed by atoms with E-state index < -0.39 is 0 Å². The van der Waals surface area contributed by atoms with E-state index in [1.54, 1.807) is 6.08 Å². The molecule has 0 fully saturated rings. The summed E-state index contributed by atoms with van der Waals surface area (Å²) in [7, 11) is 0. The number of unbranched alkanes of at least 4 members (excludes halogenated alkanes) is 15. The van der Waals surface area contributed by atoms with Crippen molar-refractivity contribution in [3.63, 3.8) is 0 Å². The molecule has 0 unspecified atom stereocenters. The van der Waals surface area contributed by atoms with Gasteiger partial charge in [0.1, 0.15) is 0 Å². The third-order valence-electron chi connectivity index (χ3n) is 6.79. The third-order valence-corrected chi connectivity index (χ3v) is 6.79. The minimum atomic E-state index is 0.861. The van der Waals surface area contributed by atoms with Crippen LogP contribution in [0.3, 0.4) is 0 Å². The summed E-state index contributed by atoms with van der Waals surface area (Å²) in [6.45, 7) is 33.9. The molecule has 0 atom stereocenters. The van der Waals surface area contributed by atoms with Crippen LogP contribution in [-0.2, 0) is 0 Å². The Kier molecular flexibility index (Phi) is 105. The van der Waals surface area contributed by atoms with Crippen LogP contribution in [0.4, 0.5) is 0 Å². The Hall–Kier alpha value is -0.820. The molecule has 0 bridgehead atoms. The first kappa shape index (κ1) is 59.6. The molecule has 1 heteroatoms. The first-order chi connectivity index (χ1) is 21.9. The topological polar surface area (TPSA) is 26.0 Å². The van der Waals surface area contributed by atoms with Crippen LogP contribution in [0.1, 0.15) is 237 Å². The van der Waals surface area contributed by atoms with E-state index >= 15 is 0 Å². The molecule has 0 aliphatic rings. The SMILES string of the molecule is C=CC.C=CCCCCCCCCC.CC.CCC.CCC/C=C\CCCCC.CCCCC(CC)CC.CCCCCCN. The van der Waals surface area contributed by atoms with Crippen molar-refractivity contribution in [3.05, 3.63) is 37.5 Å². The first-order valence-electron chi connectivity index (χ1n) is 20.4. The minimum Gasteiger partial charge on any atom is -0.330 e. The van der Waals surface area contributed by atoms with Crippen molar-refractivity contribution < 1.29 is 0 Å². The van der Waals surface area contributed by atoms with Gasteiger partial charge in [-0.15, -0.1) is 13.2 Å². The van der Waals surface area contributed by atoms with Gasteiger partial charge in [-0.1, -0.05) is 216 Å². The summed E-state index contributed by atoms with van der Waals surface area (Å²) in [5.74, 6) is 1.00. The maximum atomic E-state index is 5.27. The molecule has 0 saturated heterocycles. The molecule has 0 radical (unpaired) electrons. The van der Waals surface area contributed by atoms with Crippen molar-refractivity contribution in [2.24, 2.45) is 11.7 Å². The van der Waals surface area contributed by atoms with E-state index in [1.807, 2.05) is 26.8 Å². The van der Waals surface area contributed by atoms with Gasteiger partial charge in [-0.25, -0.2) is 0 Å². The number of hydrogen-bond acceptors (Lipinski definition) is 1. The summed E-state index contributed by atoms with van der Waals surface area (Å²) in [5, 5.41) is 0. The van der Waals surface area contributed by atoms with Crippen LogP contribution in [0.25, 0.3) is 0 Å². The number of rotatable bonds is 23. The third kappa shape index (κ3) is 107. The summed E-state index contributed by atoms with van der Waals surface area (Å²) in [4.78, 5) is 0. The summed E-state index contributed by atoms with van der Waals surface area (Å²) in [6, 6.07) is 0. The second-order valence-corrected chi connectivity index (χ2v) is 11.7. The highest BCUT2D eigenvalue weighted by Crippen LogP contribution is 2.15. The molecule has 0 saturated carbocycles. The van der Waals surface area contributed by atoms with Crippen LogP contribution >= 0.6 is 0 Å². The smallest absolute Gasteiger partial charge is 0.00773 e. The average molecular weight is 640 g/mol. The molecule has 0 aliphatic carbocycles. The zero-order valence-electron chi connectivity index (χ0n) is 34.6. The van der Waals surface area contributed by atoms with Gasteiger partial charge in [0.2, 0.25) is 0 Å². The fourth-order valence-corrected chi connectivity index (χ4v) is 3.92. The lowest BCUT2D eigenvalue weighted by Gasteiger charge is -2.09. The molecule has 0 aromatic heterocycles. The molecule has 0 spiro atoms. The number of nitrogens with two attached hydrogens (primary N) is 1. The monoisotopic (exact) mass is 640 g/mol. The minimum absolute atomic E-state index is 0.861. The van der Waals surface area contributed by atoms with E-state index in [9.17, 15) is 0 Å². The van der Waals surface area contributed by atoms with Gasteiger partial charge in [0.05, 0.1) is 0 Å². The lowest BCUT2D eigenvalue weighted by atomic mass is 9.97. The Morgan fingerprint density at radius 2 is 0.844 bits per heavy atom. The normalized spacial score (nSPS) is 9.29. The molecule has 45 heavy (non-hydrogen) atoms. The van der Waals surface area contributed by atoms with Gasteiger partial charge in [-0.2, -0.15) is 0 Å². The number of hydrogen-bond donors (Lipinski definition) is 1. The van der Waals surface area contributed by atoms with E-state index in [-0.39, 0.29) is 0 Å². The fourth-order valence-electron chi connectivity index (χ4n) is 3.92. The highest BCUT2D eigenvalue weighted by Gasteiger charge is 2.00. The van der Waals surface area contributed by atoms with E-state index in [0.717, 1.165) is 12.5 Å². The van der Waals surface area contributed by atoms with Gasteiger partial charge < -0.3 is 5.73 Å². The van der Waals surface area contributed by atoms with Crippen molar-refractivity contribution >= 4 is 0 Å². The van der Waals surface area contributed by atoms with Gasteiger partial charge >= 0.3 is 0 Å². The summed E-state index contributed by atoms with van der Waals surface area (Å²) < 4.78 is 0. The van der Waals surface area contributed by atoms with E-state index in [1.165, 1.54) is 154 Å². The highest BCUT2D eigenvalue weighted by atomic mass is 14.5. The van der Waals surface area contributed by atoms with Crippen molar-refractivity contribution in [1.29, 1.82) is 0 Å². The maximum Gasteiger partial charge on any atom is -0.00773 e. The number of allylic oxidation sites excluding steroid dienone is 4. The van der Waals surface area contributed by atoms with E-state index in [0.29, 0.717) is 0 Å². The Balaban J connectivity index is -0.0000000798. The molecular formula is C44H97N. The molecule has 2 N–H and O–H groups in total. The van der Waals surface area contributed by atoms with Crippen molar-refractivity contribution in [2.45, 2.75) is 237 Å². The Morgan fingerprint density at radius 3 is 1.22 bits per heavy atom. The molecule has 0 heterocycles. The summed E-state index contributed by atoms with van der Waals surface area (Å²) >= 11 is 0. The van der Waals surface area contributed by atoms with Crippen LogP contribution < -0.4 is 5.73 Å². The van der Waals surface area contributed by atoms with Gasteiger partial charge in [0, 0.05) is 0 Å². The zero-order chi connectivity index (χ0) is 36.1. The first-order valence-corrected chi connectivity index (χ1v) is 20.4. The van der Waals surface area contributed by atoms with Crippen LogP contribution in [0.2, 0.25) is 0 Å². The van der Waals surface area contributed by atoms with E-state index in [2.05, 4.69) is 87.6 Å². The molecule has 1 nitrogen and oxygen atoms in total. The van der Waals surface area contributed by atoms with E-state index in [4.69, 9.17) is 5.73 Å². The maximum absolute atomic E-state index is 5.27. The average Bonchev–Trinajstić information content (AvgIpc) is 3.06. The van der Waals surface area contributed by atoms with Crippen LogP contribution in [0, 0.1) is 5.92 Å². The molecule has 0 aromatic rings. The summed E-state index contributed by atoms with van der Waals surface area (Å²) in [5.41, 5.74) is 5.27. The second-order valence-electron chi connectivity index (χ2n) is 11.7. The Morgan fingerprint density at radius 1 is 0.489 bits per heavy atom. The molecule has 278 valence electrons. The summed E-state index contributed by atoms with van der Waals surface area (Å²) in [6.07, 6.45) is 40.7. The molecule has 0 aromatic carbocycles. The predicted octanol–water partition coefficient (Wildman–Crippen LogP) is 17.0. The van der Waals surface area contributed by atoms with Crippen LogP contribution in [0.15, 0.2) is 37.5 Å². The molecule has 0 aliphatic heterocycles. The van der Waals surface area contributed by atoms with Gasteiger partial charge in [0.15, 0.2) is 0 Å². The molecule has 0 amide bonds. The largest absolute Gasteiger partial charge is 0.330 e. The molecular weight excluding hydrogens is 542 g/mol. The molecule has 0 rings (SSSR count). The van der Waals surface area contributed by atoms with Crippen LogP contribution in [-0.4, -0.2) is 6.54 Å². The quantitative estimate of drug-likeness (QED) is 0.0873. The van der Waals surface area contributed by atoms with Crippen molar-refractivity contribution in [1.82, 2.24) is 0 Å². The van der Waals surface area contributed by atoms with Gasteiger partial charge in [0.25, 0.3) is 0 Å². The second kappa shape index (κ2) is 79.0. The predicted molar refractivity (Wildman–Crippen MR) is 221 cm³/mol. The Bertz CT molecular complexity index is 403. The van der Waals surface area contributed by atoms with Crippen molar-refractivity contribution in [2.75, 3.05) is 6.54 Å². The highest BCUT2D eigenvalue weighted by molar-refractivity contribution is 4.80. The fraction of sp³-hybridized carbons (Fsp3) is 0.864. The Labute approximate surface area is 292 Å².